The summed E-state index contributed by atoms with van der Waals surface area (Å²) in [4.78, 5) is 10.5. The van der Waals surface area contributed by atoms with E-state index in [9.17, 15) is 4.79 Å². The van der Waals surface area contributed by atoms with Crippen LogP contribution in [-0.4, -0.2) is 25.3 Å². The van der Waals surface area contributed by atoms with Crippen molar-refractivity contribution in [2.75, 3.05) is 13.2 Å². The molecule has 3 heteroatoms. The minimum Gasteiger partial charge on any atom is -0.347 e. The highest BCUT2D eigenvalue weighted by Gasteiger charge is 2.40. The predicted octanol–water partition coefficient (Wildman–Crippen LogP) is 0.974. The van der Waals surface area contributed by atoms with Crippen molar-refractivity contribution in [2.24, 2.45) is 5.92 Å². The summed E-state index contributed by atoms with van der Waals surface area (Å²) in [6, 6.07) is 0. The molecule has 3 nitrogen and oxygen atoms in total. The number of rotatable bonds is 3. The Morgan fingerprint density at radius 1 is 1.55 bits per heavy atom. The van der Waals surface area contributed by atoms with E-state index in [4.69, 9.17) is 9.47 Å². The van der Waals surface area contributed by atoms with Crippen LogP contribution in [0.15, 0.2) is 0 Å². The molecule has 0 aromatic rings. The van der Waals surface area contributed by atoms with E-state index in [0.29, 0.717) is 13.2 Å². The van der Waals surface area contributed by atoms with Crippen LogP contribution in [0.5, 0.6) is 0 Å². The Morgan fingerprint density at radius 3 is 2.45 bits per heavy atom. The molecule has 0 saturated carbocycles. The van der Waals surface area contributed by atoms with Gasteiger partial charge in [-0.2, -0.15) is 0 Å². The summed E-state index contributed by atoms with van der Waals surface area (Å²) in [6.45, 7) is 4.99. The molecule has 64 valence electrons. The van der Waals surface area contributed by atoms with E-state index in [1.165, 1.54) is 0 Å². The van der Waals surface area contributed by atoms with Gasteiger partial charge >= 0.3 is 0 Å². The Morgan fingerprint density at radius 2 is 2.09 bits per heavy atom. The van der Waals surface area contributed by atoms with Crippen LogP contribution >= 0.6 is 0 Å². The summed E-state index contributed by atoms with van der Waals surface area (Å²) in [7, 11) is 0. The number of hydrogen-bond acceptors (Lipinski definition) is 3. The van der Waals surface area contributed by atoms with Crippen molar-refractivity contribution >= 4 is 6.29 Å². The number of aldehydes is 1. The van der Waals surface area contributed by atoms with Gasteiger partial charge in [-0.25, -0.2) is 0 Å². The molecule has 0 unspecified atom stereocenters. The second-order valence-electron chi connectivity index (χ2n) is 2.79. The highest BCUT2D eigenvalue weighted by Crippen LogP contribution is 2.29. The molecular weight excluding hydrogens is 144 g/mol. The molecular formula is C8H14O3. The Bertz CT molecular complexity index is 138. The molecule has 1 saturated heterocycles. The summed E-state index contributed by atoms with van der Waals surface area (Å²) in [5, 5.41) is 0. The minimum absolute atomic E-state index is 0.171. The first-order chi connectivity index (χ1) is 5.25. The molecule has 0 radical (unpaired) electrons. The average molecular weight is 158 g/mol. The number of ether oxygens (including phenoxy) is 2. The van der Waals surface area contributed by atoms with Crippen LogP contribution in [0.2, 0.25) is 0 Å². The molecule has 0 aromatic heterocycles. The highest BCUT2D eigenvalue weighted by atomic mass is 16.7. The monoisotopic (exact) mass is 158 g/mol. The maximum atomic E-state index is 10.5. The molecule has 1 atom stereocenters. The molecule has 0 aromatic carbocycles. The van der Waals surface area contributed by atoms with Crippen molar-refractivity contribution in [1.29, 1.82) is 0 Å². The largest absolute Gasteiger partial charge is 0.347 e. The Balaban J connectivity index is 2.65. The molecule has 1 fully saturated rings. The van der Waals surface area contributed by atoms with Crippen LogP contribution in [0.1, 0.15) is 20.3 Å². The van der Waals surface area contributed by atoms with Gasteiger partial charge in [0.25, 0.3) is 0 Å². The molecule has 0 N–H and O–H groups in total. The number of hydrogen-bond donors (Lipinski definition) is 0. The number of carbonyl (C=O) groups excluding carboxylic acids is 1. The van der Waals surface area contributed by atoms with Crippen molar-refractivity contribution < 1.29 is 14.3 Å². The maximum Gasteiger partial charge on any atom is 0.177 e. The fraction of sp³-hybridized carbons (Fsp3) is 0.875. The first kappa shape index (κ1) is 8.68. The zero-order valence-electron chi connectivity index (χ0n) is 7.00. The first-order valence-electron chi connectivity index (χ1n) is 3.98. The molecule has 1 rings (SSSR count). The molecule has 1 aliphatic heterocycles. The van der Waals surface area contributed by atoms with Crippen LogP contribution in [0.4, 0.5) is 0 Å². The zero-order chi connectivity index (χ0) is 8.32. The third-order valence-electron chi connectivity index (χ3n) is 2.17. The van der Waals surface area contributed by atoms with Crippen LogP contribution in [0.3, 0.4) is 0 Å². The van der Waals surface area contributed by atoms with Gasteiger partial charge in [-0.1, -0.05) is 13.8 Å². The van der Waals surface area contributed by atoms with E-state index in [0.717, 1.165) is 12.7 Å². The Kier molecular flexibility index (Phi) is 2.62. The van der Waals surface area contributed by atoms with Gasteiger partial charge in [-0.05, 0) is 6.42 Å². The average Bonchev–Trinajstić information content (AvgIpc) is 2.52. The standard InChI is InChI=1S/C8H14O3/c1-3-8(7(2)6-9)10-4-5-11-8/h6-7H,3-5H2,1-2H3/t7-/m1/s1. The molecule has 11 heavy (non-hydrogen) atoms. The smallest absolute Gasteiger partial charge is 0.177 e. The van der Waals surface area contributed by atoms with Crippen molar-refractivity contribution in [3.8, 4) is 0 Å². The Labute approximate surface area is 66.7 Å². The second kappa shape index (κ2) is 3.32. The van der Waals surface area contributed by atoms with Crippen LogP contribution in [0.25, 0.3) is 0 Å². The van der Waals surface area contributed by atoms with Crippen LogP contribution in [0, 0.1) is 5.92 Å². The molecule has 1 heterocycles. The molecule has 0 spiro atoms. The summed E-state index contributed by atoms with van der Waals surface area (Å²) in [5.41, 5.74) is 0. The fourth-order valence-electron chi connectivity index (χ4n) is 1.36. The third-order valence-corrected chi connectivity index (χ3v) is 2.17. The van der Waals surface area contributed by atoms with Gasteiger partial charge in [0.1, 0.15) is 6.29 Å². The van der Waals surface area contributed by atoms with Gasteiger partial charge < -0.3 is 14.3 Å². The van der Waals surface area contributed by atoms with Crippen LogP contribution in [-0.2, 0) is 14.3 Å². The lowest BCUT2D eigenvalue weighted by molar-refractivity contribution is -0.190. The summed E-state index contributed by atoms with van der Waals surface area (Å²) >= 11 is 0. The van der Waals surface area contributed by atoms with Crippen molar-refractivity contribution in [2.45, 2.75) is 26.1 Å². The predicted molar refractivity (Wildman–Crippen MR) is 40.2 cm³/mol. The summed E-state index contributed by atoms with van der Waals surface area (Å²) in [6.07, 6.45) is 1.61. The van der Waals surface area contributed by atoms with E-state index < -0.39 is 5.79 Å². The zero-order valence-corrected chi connectivity index (χ0v) is 7.00. The Hall–Kier alpha value is -0.410. The number of carbonyl (C=O) groups is 1. The van der Waals surface area contributed by atoms with Crippen molar-refractivity contribution in [1.82, 2.24) is 0 Å². The quantitative estimate of drug-likeness (QED) is 0.574. The van der Waals surface area contributed by atoms with Gasteiger partial charge in [0.05, 0.1) is 19.1 Å². The van der Waals surface area contributed by atoms with Gasteiger partial charge in [0, 0.05) is 0 Å². The lowest BCUT2D eigenvalue weighted by Gasteiger charge is -2.28. The fourth-order valence-corrected chi connectivity index (χ4v) is 1.36. The van der Waals surface area contributed by atoms with Crippen molar-refractivity contribution in [3.05, 3.63) is 0 Å². The lowest BCUT2D eigenvalue weighted by atomic mass is 10.00. The van der Waals surface area contributed by atoms with Crippen molar-refractivity contribution in [3.63, 3.8) is 0 Å². The van der Waals surface area contributed by atoms with E-state index in [2.05, 4.69) is 0 Å². The van der Waals surface area contributed by atoms with Gasteiger partial charge in [-0.3, -0.25) is 0 Å². The van der Waals surface area contributed by atoms with E-state index in [1.54, 1.807) is 0 Å². The first-order valence-corrected chi connectivity index (χ1v) is 3.98. The van der Waals surface area contributed by atoms with E-state index in [1.807, 2.05) is 13.8 Å². The summed E-state index contributed by atoms with van der Waals surface area (Å²) < 4.78 is 10.8. The summed E-state index contributed by atoms with van der Waals surface area (Å²) in [5.74, 6) is -0.795. The maximum absolute atomic E-state index is 10.5. The minimum atomic E-state index is -0.623. The van der Waals surface area contributed by atoms with Crippen LogP contribution < -0.4 is 0 Å². The second-order valence-corrected chi connectivity index (χ2v) is 2.79. The SMILES string of the molecule is CCC1([C@H](C)C=O)OCCO1. The van der Waals surface area contributed by atoms with Gasteiger partial charge in [0.2, 0.25) is 0 Å². The third kappa shape index (κ3) is 1.44. The van der Waals surface area contributed by atoms with E-state index in [-0.39, 0.29) is 5.92 Å². The topological polar surface area (TPSA) is 35.5 Å². The normalized spacial score (nSPS) is 24.9. The highest BCUT2D eigenvalue weighted by molar-refractivity contribution is 5.54. The molecule has 0 aliphatic carbocycles. The molecule has 0 bridgehead atoms. The molecule has 0 amide bonds. The van der Waals surface area contributed by atoms with Gasteiger partial charge in [0.15, 0.2) is 5.79 Å². The molecule has 1 aliphatic rings. The van der Waals surface area contributed by atoms with E-state index >= 15 is 0 Å². The van der Waals surface area contributed by atoms with Gasteiger partial charge in [-0.15, -0.1) is 0 Å². The lowest BCUT2D eigenvalue weighted by Crippen LogP contribution is -2.37.